The zero-order valence-electron chi connectivity index (χ0n) is 14.4. The first-order chi connectivity index (χ1) is 12.6. The zero-order valence-corrected chi connectivity index (χ0v) is 14.4. The standard InChI is InChI=1S/C19H18N4O3/c1-12(24)13-7-9-14(10-8-13)23-18-17(20)19(22-11-21-18)26-16-6-4-3-5-15(16)25-2/h3-11H,20H2,1-2H3,(H,21,22,23). The number of benzene rings is 2. The van der Waals surface area contributed by atoms with Gasteiger partial charge in [-0.1, -0.05) is 12.1 Å². The number of methoxy groups -OCH3 is 1. The SMILES string of the molecule is COc1ccccc1Oc1ncnc(Nc2ccc(C(C)=O)cc2)c1N. The molecule has 0 saturated heterocycles. The Labute approximate surface area is 150 Å². The minimum Gasteiger partial charge on any atom is -0.493 e. The summed E-state index contributed by atoms with van der Waals surface area (Å²) in [6, 6.07) is 14.2. The van der Waals surface area contributed by atoms with Gasteiger partial charge < -0.3 is 20.5 Å². The molecule has 0 fully saturated rings. The third-order valence-corrected chi connectivity index (χ3v) is 3.68. The highest BCUT2D eigenvalue weighted by molar-refractivity contribution is 5.94. The molecule has 0 saturated carbocycles. The predicted molar refractivity (Wildman–Crippen MR) is 99.2 cm³/mol. The lowest BCUT2D eigenvalue weighted by molar-refractivity contribution is 0.101. The van der Waals surface area contributed by atoms with Crippen LogP contribution in [0, 0.1) is 0 Å². The van der Waals surface area contributed by atoms with Crippen molar-refractivity contribution in [3.8, 4) is 17.4 Å². The summed E-state index contributed by atoms with van der Waals surface area (Å²) in [6.07, 6.45) is 1.35. The summed E-state index contributed by atoms with van der Waals surface area (Å²) in [5.74, 6) is 1.69. The normalized spacial score (nSPS) is 10.2. The Balaban J connectivity index is 1.84. The average molecular weight is 350 g/mol. The smallest absolute Gasteiger partial charge is 0.248 e. The van der Waals surface area contributed by atoms with E-state index in [1.54, 1.807) is 43.5 Å². The summed E-state index contributed by atoms with van der Waals surface area (Å²) in [5.41, 5.74) is 7.77. The molecule has 7 heteroatoms. The molecule has 3 aromatic rings. The number of hydrogen-bond acceptors (Lipinski definition) is 7. The zero-order chi connectivity index (χ0) is 18.5. The molecule has 7 nitrogen and oxygen atoms in total. The first kappa shape index (κ1) is 17.2. The third-order valence-electron chi connectivity index (χ3n) is 3.68. The van der Waals surface area contributed by atoms with Gasteiger partial charge in [0.1, 0.15) is 12.0 Å². The lowest BCUT2D eigenvalue weighted by atomic mass is 10.1. The first-order valence-corrected chi connectivity index (χ1v) is 7.88. The second-order valence-electron chi connectivity index (χ2n) is 5.45. The van der Waals surface area contributed by atoms with Gasteiger partial charge in [-0.15, -0.1) is 0 Å². The number of carbonyl (C=O) groups is 1. The maximum atomic E-state index is 11.4. The molecular weight excluding hydrogens is 332 g/mol. The Morgan fingerprint density at radius 2 is 1.73 bits per heavy atom. The van der Waals surface area contributed by atoms with E-state index in [1.165, 1.54) is 13.3 Å². The van der Waals surface area contributed by atoms with Crippen LogP contribution in [-0.2, 0) is 0 Å². The van der Waals surface area contributed by atoms with Gasteiger partial charge in [-0.25, -0.2) is 4.98 Å². The van der Waals surface area contributed by atoms with Gasteiger partial charge in [0.05, 0.1) is 7.11 Å². The number of hydrogen-bond donors (Lipinski definition) is 2. The second-order valence-corrected chi connectivity index (χ2v) is 5.45. The average Bonchev–Trinajstić information content (AvgIpc) is 2.66. The van der Waals surface area contributed by atoms with E-state index in [0.717, 1.165) is 5.69 Å². The van der Waals surface area contributed by atoms with Gasteiger partial charge in [-0.05, 0) is 43.3 Å². The molecule has 3 N–H and O–H groups in total. The van der Waals surface area contributed by atoms with E-state index in [-0.39, 0.29) is 17.4 Å². The van der Waals surface area contributed by atoms with Crippen LogP contribution in [0.5, 0.6) is 17.4 Å². The molecule has 3 rings (SSSR count). The molecule has 26 heavy (non-hydrogen) atoms. The number of nitrogens with one attached hydrogen (secondary N) is 1. The fraction of sp³-hybridized carbons (Fsp3) is 0.105. The topological polar surface area (TPSA) is 99.4 Å². The van der Waals surface area contributed by atoms with Crippen molar-refractivity contribution in [2.24, 2.45) is 0 Å². The van der Waals surface area contributed by atoms with Gasteiger partial charge in [0, 0.05) is 11.3 Å². The fourth-order valence-corrected chi connectivity index (χ4v) is 2.29. The Morgan fingerprint density at radius 3 is 2.38 bits per heavy atom. The minimum absolute atomic E-state index is 0.00518. The van der Waals surface area contributed by atoms with Crippen LogP contribution in [-0.4, -0.2) is 22.9 Å². The van der Waals surface area contributed by atoms with Gasteiger partial charge in [0.2, 0.25) is 5.88 Å². The van der Waals surface area contributed by atoms with Crippen LogP contribution in [0.4, 0.5) is 17.2 Å². The van der Waals surface area contributed by atoms with Crippen LogP contribution in [0.3, 0.4) is 0 Å². The summed E-state index contributed by atoms with van der Waals surface area (Å²) < 4.78 is 11.0. The fourth-order valence-electron chi connectivity index (χ4n) is 2.29. The Morgan fingerprint density at radius 1 is 1.04 bits per heavy atom. The van der Waals surface area contributed by atoms with Crippen molar-refractivity contribution < 1.29 is 14.3 Å². The number of nitrogen functional groups attached to an aromatic ring is 1. The highest BCUT2D eigenvalue weighted by atomic mass is 16.5. The summed E-state index contributed by atoms with van der Waals surface area (Å²) in [6.45, 7) is 1.52. The summed E-state index contributed by atoms with van der Waals surface area (Å²) >= 11 is 0. The van der Waals surface area contributed by atoms with E-state index < -0.39 is 0 Å². The molecule has 0 radical (unpaired) electrons. The Kier molecular flexibility index (Phi) is 4.98. The summed E-state index contributed by atoms with van der Waals surface area (Å²) in [7, 11) is 1.56. The molecule has 0 atom stereocenters. The molecule has 0 aliphatic carbocycles. The molecule has 0 bridgehead atoms. The van der Waals surface area contributed by atoms with Crippen LogP contribution >= 0.6 is 0 Å². The van der Waals surface area contributed by atoms with Crippen molar-refractivity contribution in [3.63, 3.8) is 0 Å². The van der Waals surface area contributed by atoms with Gasteiger partial charge in [0.15, 0.2) is 23.1 Å². The van der Waals surface area contributed by atoms with Crippen molar-refractivity contribution in [1.29, 1.82) is 0 Å². The van der Waals surface area contributed by atoms with Crippen molar-refractivity contribution in [1.82, 2.24) is 9.97 Å². The number of ether oxygens (including phenoxy) is 2. The van der Waals surface area contributed by atoms with Gasteiger partial charge >= 0.3 is 0 Å². The van der Waals surface area contributed by atoms with Gasteiger partial charge in [-0.2, -0.15) is 4.98 Å². The number of rotatable bonds is 6. The molecule has 132 valence electrons. The maximum Gasteiger partial charge on any atom is 0.248 e. The number of carbonyl (C=O) groups excluding carboxylic acids is 1. The Bertz CT molecular complexity index is 926. The van der Waals surface area contributed by atoms with Crippen molar-refractivity contribution >= 4 is 23.0 Å². The van der Waals surface area contributed by atoms with Crippen molar-refractivity contribution in [2.45, 2.75) is 6.92 Å². The van der Waals surface area contributed by atoms with Crippen LogP contribution in [0.2, 0.25) is 0 Å². The lowest BCUT2D eigenvalue weighted by Crippen LogP contribution is -2.03. The number of ketones is 1. The predicted octanol–water partition coefficient (Wildman–Crippen LogP) is 3.81. The third kappa shape index (κ3) is 3.72. The molecule has 0 aliphatic rings. The van der Waals surface area contributed by atoms with E-state index in [0.29, 0.717) is 22.9 Å². The van der Waals surface area contributed by atoms with Gasteiger partial charge in [0.25, 0.3) is 0 Å². The van der Waals surface area contributed by atoms with Crippen molar-refractivity contribution in [3.05, 3.63) is 60.4 Å². The molecule has 2 aromatic carbocycles. The Hall–Kier alpha value is -3.61. The number of para-hydroxylation sites is 2. The highest BCUT2D eigenvalue weighted by Gasteiger charge is 2.13. The van der Waals surface area contributed by atoms with E-state index in [9.17, 15) is 4.79 Å². The molecule has 0 amide bonds. The van der Waals surface area contributed by atoms with E-state index in [4.69, 9.17) is 15.2 Å². The summed E-state index contributed by atoms with van der Waals surface area (Å²) in [4.78, 5) is 19.6. The minimum atomic E-state index is 0.00518. The lowest BCUT2D eigenvalue weighted by Gasteiger charge is -2.13. The molecule has 0 spiro atoms. The highest BCUT2D eigenvalue weighted by Crippen LogP contribution is 2.35. The summed E-state index contributed by atoms with van der Waals surface area (Å²) in [5, 5.41) is 3.09. The number of nitrogens with two attached hydrogens (primary N) is 1. The molecule has 0 unspecified atom stereocenters. The molecular formula is C19H18N4O3. The van der Waals surface area contributed by atoms with E-state index >= 15 is 0 Å². The second kappa shape index (κ2) is 7.52. The maximum absolute atomic E-state index is 11.4. The molecule has 1 heterocycles. The first-order valence-electron chi connectivity index (χ1n) is 7.88. The van der Waals surface area contributed by atoms with E-state index in [2.05, 4.69) is 15.3 Å². The number of anilines is 3. The number of Topliss-reactive ketones (excluding diaryl/α,β-unsaturated/α-hetero) is 1. The largest absolute Gasteiger partial charge is 0.493 e. The van der Waals surface area contributed by atoms with E-state index in [1.807, 2.05) is 12.1 Å². The van der Waals surface area contributed by atoms with Crippen LogP contribution in [0.25, 0.3) is 0 Å². The number of aromatic nitrogens is 2. The van der Waals surface area contributed by atoms with Gasteiger partial charge in [-0.3, -0.25) is 4.79 Å². The molecule has 0 aliphatic heterocycles. The van der Waals surface area contributed by atoms with Crippen LogP contribution < -0.4 is 20.5 Å². The quantitative estimate of drug-likeness (QED) is 0.652. The number of nitrogens with zero attached hydrogens (tertiary/aromatic N) is 2. The molecule has 1 aromatic heterocycles. The van der Waals surface area contributed by atoms with Crippen LogP contribution in [0.1, 0.15) is 17.3 Å². The van der Waals surface area contributed by atoms with Crippen molar-refractivity contribution in [2.75, 3.05) is 18.2 Å². The van der Waals surface area contributed by atoms with Crippen LogP contribution in [0.15, 0.2) is 54.9 Å². The monoisotopic (exact) mass is 350 g/mol.